The summed E-state index contributed by atoms with van der Waals surface area (Å²) < 4.78 is 0. The molecule has 1 aliphatic rings. The molecule has 0 bridgehead atoms. The van der Waals surface area contributed by atoms with Crippen molar-refractivity contribution in [3.63, 3.8) is 0 Å². The summed E-state index contributed by atoms with van der Waals surface area (Å²) >= 11 is 1.30. The second kappa shape index (κ2) is 5.04. The van der Waals surface area contributed by atoms with E-state index in [-0.39, 0.29) is 0 Å². The van der Waals surface area contributed by atoms with Gasteiger partial charge in [-0.05, 0) is 32.1 Å². The van der Waals surface area contributed by atoms with Crippen molar-refractivity contribution in [2.24, 2.45) is 5.92 Å². The van der Waals surface area contributed by atoms with E-state index in [1.807, 2.05) is 0 Å². The Balaban J connectivity index is 2.16. The van der Waals surface area contributed by atoms with Crippen LogP contribution in [0.4, 0.5) is 5.13 Å². The van der Waals surface area contributed by atoms with Crippen LogP contribution in [0.2, 0.25) is 0 Å². The first-order chi connectivity index (χ1) is 8.08. The Morgan fingerprint density at radius 2 is 2.24 bits per heavy atom. The van der Waals surface area contributed by atoms with Crippen molar-refractivity contribution in [2.75, 3.05) is 18.0 Å². The number of aromatic carboxylic acids is 1. The van der Waals surface area contributed by atoms with Crippen LogP contribution in [-0.4, -0.2) is 29.1 Å². The lowest BCUT2D eigenvalue weighted by atomic mass is 10.0. The summed E-state index contributed by atoms with van der Waals surface area (Å²) in [7, 11) is 0. The molecule has 4 nitrogen and oxygen atoms in total. The van der Waals surface area contributed by atoms with Gasteiger partial charge in [0, 0.05) is 13.1 Å². The first-order valence-electron chi connectivity index (χ1n) is 6.03. The fourth-order valence-corrected chi connectivity index (χ4v) is 3.13. The van der Waals surface area contributed by atoms with Gasteiger partial charge in [0.15, 0.2) is 5.13 Å². The number of carboxylic acid groups (broad SMARTS) is 1. The minimum Gasteiger partial charge on any atom is -0.477 e. The molecule has 0 amide bonds. The average molecular weight is 254 g/mol. The highest BCUT2D eigenvalue weighted by atomic mass is 32.1. The van der Waals surface area contributed by atoms with Crippen molar-refractivity contribution in [3.05, 3.63) is 10.6 Å². The van der Waals surface area contributed by atoms with E-state index in [9.17, 15) is 4.79 Å². The molecule has 17 heavy (non-hydrogen) atoms. The van der Waals surface area contributed by atoms with Crippen molar-refractivity contribution in [1.29, 1.82) is 0 Å². The van der Waals surface area contributed by atoms with Crippen molar-refractivity contribution in [3.8, 4) is 0 Å². The van der Waals surface area contributed by atoms with Crippen LogP contribution in [0.1, 0.15) is 41.6 Å². The Hall–Kier alpha value is -1.10. The predicted octanol–water partition coefficient (Wildman–Crippen LogP) is 2.78. The number of carbonyl (C=O) groups is 1. The molecule has 0 radical (unpaired) electrons. The van der Waals surface area contributed by atoms with Crippen LogP contribution in [0, 0.1) is 12.8 Å². The highest BCUT2D eigenvalue weighted by Crippen LogP contribution is 2.28. The molecule has 0 spiro atoms. The van der Waals surface area contributed by atoms with Crippen LogP contribution in [0.3, 0.4) is 0 Å². The molecule has 1 aromatic heterocycles. The molecule has 1 aliphatic heterocycles. The van der Waals surface area contributed by atoms with E-state index in [4.69, 9.17) is 5.11 Å². The van der Waals surface area contributed by atoms with Gasteiger partial charge in [-0.2, -0.15) is 0 Å². The van der Waals surface area contributed by atoms with Gasteiger partial charge in [-0.25, -0.2) is 9.78 Å². The summed E-state index contributed by atoms with van der Waals surface area (Å²) in [5.74, 6) is -0.102. The summed E-state index contributed by atoms with van der Waals surface area (Å²) in [5.41, 5.74) is 0.634. The molecule has 1 atom stereocenters. The summed E-state index contributed by atoms with van der Waals surface area (Å²) in [6.45, 7) is 6.03. The molecule has 0 aliphatic carbocycles. The number of aryl methyl sites for hydroxylation is 1. The predicted molar refractivity (Wildman–Crippen MR) is 69.0 cm³/mol. The standard InChI is InChI=1S/C12H18N2O2S/c1-8-4-3-6-14(7-5-8)12-13-9(2)10(17-12)11(15)16/h8H,3-7H2,1-2H3,(H,15,16). The minimum atomic E-state index is -0.866. The molecule has 0 saturated carbocycles. The molecule has 1 saturated heterocycles. The first-order valence-corrected chi connectivity index (χ1v) is 6.85. The van der Waals surface area contributed by atoms with Gasteiger partial charge in [0.1, 0.15) is 4.88 Å². The quantitative estimate of drug-likeness (QED) is 0.881. The molecule has 1 unspecified atom stereocenters. The maximum Gasteiger partial charge on any atom is 0.347 e. The molecule has 5 heteroatoms. The van der Waals surface area contributed by atoms with Crippen LogP contribution < -0.4 is 4.90 Å². The van der Waals surface area contributed by atoms with Crippen LogP contribution in [0.15, 0.2) is 0 Å². The van der Waals surface area contributed by atoms with E-state index in [2.05, 4.69) is 16.8 Å². The molecular formula is C12H18N2O2S. The van der Waals surface area contributed by atoms with Crippen molar-refractivity contribution in [1.82, 2.24) is 4.98 Å². The number of thiazole rings is 1. The Labute approximate surface area is 105 Å². The Morgan fingerprint density at radius 3 is 2.88 bits per heavy atom. The third-order valence-electron chi connectivity index (χ3n) is 3.27. The zero-order valence-electron chi connectivity index (χ0n) is 10.3. The van der Waals surface area contributed by atoms with Crippen LogP contribution in [0.5, 0.6) is 0 Å². The highest BCUT2D eigenvalue weighted by molar-refractivity contribution is 7.17. The third kappa shape index (κ3) is 2.77. The van der Waals surface area contributed by atoms with E-state index < -0.39 is 5.97 Å². The summed E-state index contributed by atoms with van der Waals surface area (Å²) in [6.07, 6.45) is 3.59. The minimum absolute atomic E-state index is 0.372. The Kier molecular flexibility index (Phi) is 3.66. The highest BCUT2D eigenvalue weighted by Gasteiger charge is 2.20. The van der Waals surface area contributed by atoms with Crippen molar-refractivity contribution in [2.45, 2.75) is 33.1 Å². The number of rotatable bonds is 2. The summed E-state index contributed by atoms with van der Waals surface area (Å²) in [6, 6.07) is 0. The largest absolute Gasteiger partial charge is 0.477 e. The topological polar surface area (TPSA) is 53.4 Å². The van der Waals surface area contributed by atoms with Gasteiger partial charge in [0.2, 0.25) is 0 Å². The van der Waals surface area contributed by atoms with E-state index >= 15 is 0 Å². The first kappa shape index (κ1) is 12.4. The smallest absolute Gasteiger partial charge is 0.347 e. The molecule has 2 rings (SSSR count). The molecule has 1 fully saturated rings. The fraction of sp³-hybridized carbons (Fsp3) is 0.667. The van der Waals surface area contributed by atoms with Gasteiger partial charge < -0.3 is 10.0 Å². The SMILES string of the molecule is Cc1nc(N2CCCC(C)CC2)sc1C(=O)O. The van der Waals surface area contributed by atoms with Crippen LogP contribution in [0.25, 0.3) is 0 Å². The fourth-order valence-electron chi connectivity index (χ4n) is 2.17. The zero-order valence-corrected chi connectivity index (χ0v) is 11.1. The number of nitrogens with zero attached hydrogens (tertiary/aromatic N) is 2. The monoisotopic (exact) mass is 254 g/mol. The van der Waals surface area contributed by atoms with E-state index in [1.165, 1.54) is 30.6 Å². The lowest BCUT2D eigenvalue weighted by molar-refractivity contribution is 0.0701. The second-order valence-corrected chi connectivity index (χ2v) is 5.72. The summed E-state index contributed by atoms with van der Waals surface area (Å²) in [5, 5.41) is 9.90. The maximum atomic E-state index is 11.0. The molecule has 1 aromatic rings. The lowest BCUT2D eigenvalue weighted by Crippen LogP contribution is -2.23. The molecular weight excluding hydrogens is 236 g/mol. The molecule has 1 N–H and O–H groups in total. The second-order valence-electron chi connectivity index (χ2n) is 4.74. The number of hydrogen-bond acceptors (Lipinski definition) is 4. The van der Waals surface area contributed by atoms with Gasteiger partial charge in [-0.1, -0.05) is 18.3 Å². The van der Waals surface area contributed by atoms with Crippen LogP contribution >= 0.6 is 11.3 Å². The molecule has 2 heterocycles. The number of carboxylic acids is 1. The van der Waals surface area contributed by atoms with E-state index in [0.29, 0.717) is 10.6 Å². The number of hydrogen-bond donors (Lipinski definition) is 1. The van der Waals surface area contributed by atoms with Crippen LogP contribution in [-0.2, 0) is 0 Å². The Morgan fingerprint density at radius 1 is 1.47 bits per heavy atom. The number of anilines is 1. The van der Waals surface area contributed by atoms with Gasteiger partial charge in [0.25, 0.3) is 0 Å². The lowest BCUT2D eigenvalue weighted by Gasteiger charge is -2.18. The van der Waals surface area contributed by atoms with Gasteiger partial charge in [-0.3, -0.25) is 0 Å². The Bertz CT molecular complexity index is 417. The number of aromatic nitrogens is 1. The van der Waals surface area contributed by atoms with E-state index in [1.54, 1.807) is 6.92 Å². The third-order valence-corrected chi connectivity index (χ3v) is 4.47. The molecule has 94 valence electrons. The summed E-state index contributed by atoms with van der Waals surface area (Å²) in [4.78, 5) is 18.0. The zero-order chi connectivity index (χ0) is 12.4. The normalized spacial score (nSPS) is 21.3. The maximum absolute atomic E-state index is 11.0. The van der Waals surface area contributed by atoms with E-state index in [0.717, 1.165) is 24.1 Å². The van der Waals surface area contributed by atoms with Crippen molar-refractivity contribution >= 4 is 22.4 Å². The average Bonchev–Trinajstić information content (AvgIpc) is 2.52. The van der Waals surface area contributed by atoms with Gasteiger partial charge in [0.05, 0.1) is 5.69 Å². The molecule has 0 aromatic carbocycles. The van der Waals surface area contributed by atoms with Gasteiger partial charge in [-0.15, -0.1) is 0 Å². The van der Waals surface area contributed by atoms with Gasteiger partial charge >= 0.3 is 5.97 Å². The van der Waals surface area contributed by atoms with Crippen molar-refractivity contribution < 1.29 is 9.90 Å².